The zero-order valence-corrected chi connectivity index (χ0v) is 19.1. The zero-order chi connectivity index (χ0) is 25.4. The van der Waals surface area contributed by atoms with E-state index in [-0.39, 0.29) is 5.91 Å². The van der Waals surface area contributed by atoms with Crippen molar-refractivity contribution in [2.75, 3.05) is 13.1 Å². The lowest BCUT2D eigenvalue weighted by Gasteiger charge is -2.28. The SMILES string of the molecule is CCCCN1CCc2cc(Oc3cncc(-c4ccccc4)c3)ccc2C1=O.O=C(O)C(F)(F)F. The van der Waals surface area contributed by atoms with Crippen LogP contribution in [-0.4, -0.2) is 46.1 Å². The van der Waals surface area contributed by atoms with Gasteiger partial charge in [0.2, 0.25) is 0 Å². The van der Waals surface area contributed by atoms with Crippen LogP contribution >= 0.6 is 0 Å². The molecule has 3 aromatic rings. The molecule has 0 radical (unpaired) electrons. The number of ether oxygens (including phenoxy) is 1. The van der Waals surface area contributed by atoms with Crippen LogP contribution in [0.15, 0.2) is 67.0 Å². The van der Waals surface area contributed by atoms with E-state index in [9.17, 15) is 18.0 Å². The number of unbranched alkanes of at least 4 members (excludes halogenated alkanes) is 1. The summed E-state index contributed by atoms with van der Waals surface area (Å²) in [5.74, 6) is -1.20. The second-order valence-electron chi connectivity index (χ2n) is 7.90. The van der Waals surface area contributed by atoms with Crippen molar-refractivity contribution >= 4 is 11.9 Å². The van der Waals surface area contributed by atoms with Crippen LogP contribution < -0.4 is 4.74 Å². The van der Waals surface area contributed by atoms with E-state index in [2.05, 4.69) is 24.0 Å². The number of aliphatic carboxylic acids is 1. The number of carbonyl (C=O) groups excluding carboxylic acids is 1. The number of rotatable bonds is 6. The Kier molecular flexibility index (Phi) is 8.46. The minimum absolute atomic E-state index is 0.133. The monoisotopic (exact) mass is 486 g/mol. The third kappa shape index (κ3) is 7.05. The van der Waals surface area contributed by atoms with Crippen LogP contribution in [-0.2, 0) is 11.2 Å². The van der Waals surface area contributed by atoms with Crippen LogP contribution in [0.4, 0.5) is 13.2 Å². The van der Waals surface area contributed by atoms with Crippen molar-refractivity contribution in [3.05, 3.63) is 78.1 Å². The van der Waals surface area contributed by atoms with Gasteiger partial charge in [-0.3, -0.25) is 9.78 Å². The molecule has 0 bridgehead atoms. The molecular formula is C26H25F3N2O4. The van der Waals surface area contributed by atoms with Gasteiger partial charge in [0.15, 0.2) is 0 Å². The van der Waals surface area contributed by atoms with Gasteiger partial charge in [0.25, 0.3) is 5.91 Å². The molecule has 2 heterocycles. The van der Waals surface area contributed by atoms with Gasteiger partial charge in [-0.25, -0.2) is 4.79 Å². The zero-order valence-electron chi connectivity index (χ0n) is 19.1. The van der Waals surface area contributed by atoms with Crippen LogP contribution in [0.1, 0.15) is 35.7 Å². The summed E-state index contributed by atoms with van der Waals surface area (Å²) >= 11 is 0. The quantitative estimate of drug-likeness (QED) is 0.464. The maximum absolute atomic E-state index is 12.7. The lowest BCUT2D eigenvalue weighted by molar-refractivity contribution is -0.192. The van der Waals surface area contributed by atoms with E-state index >= 15 is 0 Å². The molecule has 0 unspecified atom stereocenters. The average molecular weight is 486 g/mol. The molecule has 9 heteroatoms. The number of halogens is 3. The molecule has 1 aliphatic heterocycles. The van der Waals surface area contributed by atoms with Gasteiger partial charge >= 0.3 is 12.1 Å². The van der Waals surface area contributed by atoms with E-state index in [1.165, 1.54) is 0 Å². The molecule has 0 fully saturated rings. The van der Waals surface area contributed by atoms with Gasteiger partial charge in [0.1, 0.15) is 11.5 Å². The summed E-state index contributed by atoms with van der Waals surface area (Å²) in [5.41, 5.74) is 3.97. The van der Waals surface area contributed by atoms with E-state index in [4.69, 9.17) is 14.6 Å². The Bertz CT molecular complexity index is 1170. The number of nitrogens with zero attached hydrogens (tertiary/aromatic N) is 2. The topological polar surface area (TPSA) is 79.7 Å². The highest BCUT2D eigenvalue weighted by atomic mass is 19.4. The molecule has 35 heavy (non-hydrogen) atoms. The number of hydrogen-bond acceptors (Lipinski definition) is 4. The standard InChI is InChI=1S/C24H24N2O2.C2HF3O2/c1-2-3-12-26-13-11-19-14-21(9-10-23(19)24(26)27)28-22-15-20(16-25-17-22)18-7-5-4-6-8-18;3-2(4,5)1(6)7/h4-10,14-17H,2-3,11-13H2,1H3;(H,6,7). The Morgan fingerprint density at radius 1 is 1.06 bits per heavy atom. The van der Waals surface area contributed by atoms with Gasteiger partial charge in [-0.1, -0.05) is 43.7 Å². The Hall–Kier alpha value is -3.88. The summed E-state index contributed by atoms with van der Waals surface area (Å²) in [6.45, 7) is 3.76. The lowest BCUT2D eigenvalue weighted by Crippen LogP contribution is -2.38. The van der Waals surface area contributed by atoms with Gasteiger partial charge in [0.05, 0.1) is 6.20 Å². The smallest absolute Gasteiger partial charge is 0.475 e. The first-order chi connectivity index (χ1) is 16.7. The number of carboxylic acids is 1. The minimum Gasteiger partial charge on any atom is -0.475 e. The largest absolute Gasteiger partial charge is 0.490 e. The lowest BCUT2D eigenvalue weighted by atomic mass is 9.98. The van der Waals surface area contributed by atoms with E-state index in [1.807, 2.05) is 53.6 Å². The molecule has 1 N–H and O–H groups in total. The van der Waals surface area contributed by atoms with E-state index in [0.717, 1.165) is 60.4 Å². The number of amides is 1. The molecule has 0 atom stereocenters. The molecule has 0 spiro atoms. The molecule has 0 saturated carbocycles. The van der Waals surface area contributed by atoms with Crippen LogP contribution in [0.5, 0.6) is 11.5 Å². The summed E-state index contributed by atoms with van der Waals surface area (Å²) < 4.78 is 37.8. The van der Waals surface area contributed by atoms with Crippen molar-refractivity contribution in [3.8, 4) is 22.6 Å². The van der Waals surface area contributed by atoms with E-state index < -0.39 is 12.1 Å². The number of fused-ring (bicyclic) bond motifs is 1. The number of carbonyl (C=O) groups is 2. The van der Waals surface area contributed by atoms with Gasteiger partial charge in [0, 0.05) is 30.4 Å². The molecule has 0 saturated heterocycles. The van der Waals surface area contributed by atoms with Crippen LogP contribution in [0.3, 0.4) is 0 Å². The predicted octanol–water partition coefficient (Wildman–Crippen LogP) is 5.97. The molecule has 0 aliphatic carbocycles. The molecule has 1 amide bonds. The highest BCUT2D eigenvalue weighted by molar-refractivity contribution is 5.97. The predicted molar refractivity (Wildman–Crippen MR) is 124 cm³/mol. The number of benzene rings is 2. The first kappa shape index (κ1) is 25.7. The molecular weight excluding hydrogens is 461 g/mol. The maximum Gasteiger partial charge on any atom is 0.490 e. The number of pyridine rings is 1. The van der Waals surface area contributed by atoms with Gasteiger partial charge in [-0.05, 0) is 48.2 Å². The first-order valence-electron chi connectivity index (χ1n) is 11.1. The number of alkyl halides is 3. The van der Waals surface area contributed by atoms with Crippen molar-refractivity contribution in [1.82, 2.24) is 9.88 Å². The van der Waals surface area contributed by atoms with Gasteiger partial charge in [-0.2, -0.15) is 13.2 Å². The average Bonchev–Trinajstić information content (AvgIpc) is 2.84. The van der Waals surface area contributed by atoms with Crippen molar-refractivity contribution in [1.29, 1.82) is 0 Å². The third-order valence-electron chi connectivity index (χ3n) is 5.33. The van der Waals surface area contributed by atoms with Crippen molar-refractivity contribution < 1.29 is 32.6 Å². The summed E-state index contributed by atoms with van der Waals surface area (Å²) in [6.07, 6.45) is 1.47. The Balaban J connectivity index is 0.000000429. The number of carboxylic acid groups (broad SMARTS) is 1. The highest BCUT2D eigenvalue weighted by Crippen LogP contribution is 2.29. The Morgan fingerprint density at radius 2 is 1.77 bits per heavy atom. The third-order valence-corrected chi connectivity index (χ3v) is 5.33. The Morgan fingerprint density at radius 3 is 2.43 bits per heavy atom. The van der Waals surface area contributed by atoms with Crippen LogP contribution in [0, 0.1) is 0 Å². The van der Waals surface area contributed by atoms with E-state index in [1.54, 1.807) is 6.20 Å². The first-order valence-corrected chi connectivity index (χ1v) is 11.1. The molecule has 4 rings (SSSR count). The Labute approximate surface area is 201 Å². The fourth-order valence-electron chi connectivity index (χ4n) is 3.54. The van der Waals surface area contributed by atoms with Crippen molar-refractivity contribution in [2.45, 2.75) is 32.4 Å². The van der Waals surface area contributed by atoms with Crippen LogP contribution in [0.2, 0.25) is 0 Å². The fourth-order valence-corrected chi connectivity index (χ4v) is 3.54. The molecule has 2 aromatic carbocycles. The van der Waals surface area contributed by atoms with Crippen molar-refractivity contribution in [3.63, 3.8) is 0 Å². The normalized spacial score (nSPS) is 12.9. The fraction of sp³-hybridized carbons (Fsp3) is 0.269. The maximum atomic E-state index is 12.7. The second kappa shape index (κ2) is 11.5. The minimum atomic E-state index is -5.08. The molecule has 184 valence electrons. The second-order valence-corrected chi connectivity index (χ2v) is 7.90. The number of aromatic nitrogens is 1. The van der Waals surface area contributed by atoms with E-state index in [0.29, 0.717) is 5.75 Å². The summed E-state index contributed by atoms with van der Waals surface area (Å²) in [5, 5.41) is 7.12. The summed E-state index contributed by atoms with van der Waals surface area (Å²) in [6, 6.07) is 17.8. The summed E-state index contributed by atoms with van der Waals surface area (Å²) in [7, 11) is 0. The number of hydrogen-bond donors (Lipinski definition) is 1. The highest BCUT2D eigenvalue weighted by Gasteiger charge is 2.38. The van der Waals surface area contributed by atoms with Crippen molar-refractivity contribution in [2.24, 2.45) is 0 Å². The molecule has 6 nitrogen and oxygen atoms in total. The molecule has 1 aromatic heterocycles. The van der Waals surface area contributed by atoms with Gasteiger partial charge < -0.3 is 14.7 Å². The van der Waals surface area contributed by atoms with Crippen LogP contribution in [0.25, 0.3) is 11.1 Å². The van der Waals surface area contributed by atoms with Gasteiger partial charge in [-0.15, -0.1) is 0 Å². The molecule has 1 aliphatic rings. The summed E-state index contributed by atoms with van der Waals surface area (Å²) in [4.78, 5) is 27.8.